The van der Waals surface area contributed by atoms with E-state index in [0.717, 1.165) is 17.7 Å². The molecule has 0 heterocycles. The lowest BCUT2D eigenvalue weighted by Gasteiger charge is -2.15. The number of aryl methyl sites for hydroxylation is 1. The average molecular weight is 540 g/mol. The molecule has 7 nitrogen and oxygen atoms in total. The minimum absolute atomic E-state index is 0. The lowest BCUT2D eigenvalue weighted by atomic mass is 10.1. The number of anilines is 1. The maximum atomic E-state index is 11.2. The smallest absolute Gasteiger partial charge is 0.221 e. The van der Waals surface area contributed by atoms with Gasteiger partial charge in [0.05, 0.1) is 13.2 Å². The van der Waals surface area contributed by atoms with Gasteiger partial charge in [0, 0.05) is 37.8 Å². The summed E-state index contributed by atoms with van der Waals surface area (Å²) in [4.78, 5) is 15.4. The predicted octanol–water partition coefficient (Wildman–Crippen LogP) is 4.10. The van der Waals surface area contributed by atoms with Crippen LogP contribution in [0.4, 0.5) is 5.69 Å². The van der Waals surface area contributed by atoms with Crippen molar-refractivity contribution in [3.05, 3.63) is 53.6 Å². The number of carbonyl (C=O) groups excluding carboxylic acids is 1. The van der Waals surface area contributed by atoms with Crippen LogP contribution in [0.25, 0.3) is 0 Å². The van der Waals surface area contributed by atoms with Crippen LogP contribution in [0.2, 0.25) is 0 Å². The molecule has 0 fully saturated rings. The van der Waals surface area contributed by atoms with Crippen LogP contribution in [0, 0.1) is 6.92 Å². The number of hydrogen-bond acceptors (Lipinski definition) is 4. The molecular weight excluding hydrogens is 507 g/mol. The number of nitrogens with zero attached hydrogens (tertiary/aromatic N) is 1. The molecule has 0 radical (unpaired) electrons. The van der Waals surface area contributed by atoms with Crippen molar-refractivity contribution < 1.29 is 14.3 Å². The van der Waals surface area contributed by atoms with Crippen molar-refractivity contribution in [2.45, 2.75) is 33.7 Å². The van der Waals surface area contributed by atoms with Crippen molar-refractivity contribution in [1.82, 2.24) is 10.6 Å². The molecule has 0 spiro atoms. The number of amides is 1. The molecule has 0 saturated carbocycles. The van der Waals surface area contributed by atoms with Gasteiger partial charge in [-0.05, 0) is 37.1 Å². The minimum atomic E-state index is -0.111. The maximum Gasteiger partial charge on any atom is 0.221 e. The van der Waals surface area contributed by atoms with Crippen LogP contribution < -0.4 is 25.4 Å². The molecule has 2 aromatic rings. The number of rotatable bonds is 10. The number of aliphatic imine (C=N–C) groups is 1. The molecule has 0 aromatic heterocycles. The zero-order valence-electron chi connectivity index (χ0n) is 18.7. The van der Waals surface area contributed by atoms with Crippen LogP contribution in [0.3, 0.4) is 0 Å². The molecule has 170 valence electrons. The van der Waals surface area contributed by atoms with E-state index in [9.17, 15) is 4.79 Å². The van der Waals surface area contributed by atoms with Gasteiger partial charge in [-0.1, -0.05) is 25.1 Å². The fourth-order valence-electron chi connectivity index (χ4n) is 2.76. The Morgan fingerprint density at radius 1 is 1.06 bits per heavy atom. The first-order chi connectivity index (χ1) is 14.5. The molecule has 2 rings (SSSR count). The lowest BCUT2D eigenvalue weighted by Crippen LogP contribution is -2.38. The number of hydrogen-bond donors (Lipinski definition) is 3. The van der Waals surface area contributed by atoms with Crippen LogP contribution in [0.1, 0.15) is 31.4 Å². The van der Waals surface area contributed by atoms with Gasteiger partial charge in [0.25, 0.3) is 0 Å². The van der Waals surface area contributed by atoms with E-state index in [2.05, 4.69) is 53.0 Å². The zero-order valence-corrected chi connectivity index (χ0v) is 21.0. The number of carbonyl (C=O) groups is 1. The van der Waals surface area contributed by atoms with Gasteiger partial charge in [-0.25, -0.2) is 0 Å². The van der Waals surface area contributed by atoms with Crippen molar-refractivity contribution in [2.24, 2.45) is 4.99 Å². The van der Waals surface area contributed by atoms with Crippen molar-refractivity contribution in [3.8, 4) is 11.5 Å². The van der Waals surface area contributed by atoms with Gasteiger partial charge in [0.1, 0.15) is 18.1 Å². The zero-order chi connectivity index (χ0) is 21.8. The van der Waals surface area contributed by atoms with Gasteiger partial charge in [-0.2, -0.15) is 0 Å². The van der Waals surface area contributed by atoms with Crippen molar-refractivity contribution in [3.63, 3.8) is 0 Å². The summed E-state index contributed by atoms with van der Waals surface area (Å²) in [5.74, 6) is 2.18. The molecule has 0 bridgehead atoms. The Morgan fingerprint density at radius 2 is 1.87 bits per heavy atom. The monoisotopic (exact) mass is 540 g/mol. The largest absolute Gasteiger partial charge is 0.493 e. The molecule has 8 heteroatoms. The Hall–Kier alpha value is -2.49. The second kappa shape index (κ2) is 14.5. The van der Waals surface area contributed by atoms with E-state index in [-0.39, 0.29) is 29.9 Å². The Bertz CT molecular complexity index is 858. The maximum absolute atomic E-state index is 11.2. The first-order valence-corrected chi connectivity index (χ1v) is 10.2. The first-order valence-electron chi connectivity index (χ1n) is 10.2. The number of benzene rings is 2. The molecular formula is C23H33IN4O3. The number of ether oxygens (including phenoxy) is 2. The Kier molecular flexibility index (Phi) is 12.4. The summed E-state index contributed by atoms with van der Waals surface area (Å²) in [6.07, 6.45) is 0.970. The lowest BCUT2D eigenvalue weighted by molar-refractivity contribution is -0.114. The first kappa shape index (κ1) is 26.5. The summed E-state index contributed by atoms with van der Waals surface area (Å²) >= 11 is 0. The molecule has 31 heavy (non-hydrogen) atoms. The van der Waals surface area contributed by atoms with Gasteiger partial charge in [-0.3, -0.25) is 9.79 Å². The highest BCUT2D eigenvalue weighted by molar-refractivity contribution is 14.0. The summed E-state index contributed by atoms with van der Waals surface area (Å²) in [6, 6.07) is 13.5. The van der Waals surface area contributed by atoms with Crippen LogP contribution >= 0.6 is 24.0 Å². The number of halogens is 1. The van der Waals surface area contributed by atoms with Crippen molar-refractivity contribution in [2.75, 3.05) is 32.1 Å². The van der Waals surface area contributed by atoms with Gasteiger partial charge >= 0.3 is 0 Å². The topological polar surface area (TPSA) is 84.0 Å². The third kappa shape index (κ3) is 9.91. The highest BCUT2D eigenvalue weighted by Crippen LogP contribution is 2.20. The summed E-state index contributed by atoms with van der Waals surface area (Å²) in [5.41, 5.74) is 2.97. The van der Waals surface area contributed by atoms with Gasteiger partial charge in [0.2, 0.25) is 5.91 Å². The molecule has 0 unspecified atom stereocenters. The van der Waals surface area contributed by atoms with E-state index in [1.807, 2.05) is 18.2 Å². The molecule has 0 atom stereocenters. The van der Waals surface area contributed by atoms with Crippen molar-refractivity contribution in [1.29, 1.82) is 0 Å². The Morgan fingerprint density at radius 3 is 2.58 bits per heavy atom. The third-order valence-corrected chi connectivity index (χ3v) is 4.17. The molecule has 0 aliphatic rings. The molecule has 2 aromatic carbocycles. The second-order valence-corrected chi connectivity index (χ2v) is 6.87. The Balaban J connectivity index is 0.00000480. The predicted molar refractivity (Wildman–Crippen MR) is 137 cm³/mol. The van der Waals surface area contributed by atoms with E-state index < -0.39 is 0 Å². The highest BCUT2D eigenvalue weighted by atomic mass is 127. The quantitative estimate of drug-likeness (QED) is 0.183. The summed E-state index contributed by atoms with van der Waals surface area (Å²) in [5, 5.41) is 9.28. The number of guanidine groups is 1. The van der Waals surface area contributed by atoms with E-state index in [4.69, 9.17) is 9.47 Å². The molecule has 3 N–H and O–H groups in total. The van der Waals surface area contributed by atoms with Gasteiger partial charge in [-0.15, -0.1) is 24.0 Å². The molecule has 0 saturated heterocycles. The Labute approximate surface area is 202 Å². The third-order valence-electron chi connectivity index (χ3n) is 4.17. The summed E-state index contributed by atoms with van der Waals surface area (Å²) in [6.45, 7) is 7.98. The van der Waals surface area contributed by atoms with Crippen LogP contribution in [0.15, 0.2) is 47.5 Å². The van der Waals surface area contributed by atoms with Gasteiger partial charge in [0.15, 0.2) is 5.96 Å². The van der Waals surface area contributed by atoms with Crippen LogP contribution in [-0.4, -0.2) is 38.7 Å². The molecule has 0 aliphatic heterocycles. The van der Waals surface area contributed by atoms with Crippen LogP contribution in [0.5, 0.6) is 11.5 Å². The average Bonchev–Trinajstić information content (AvgIpc) is 2.72. The van der Waals surface area contributed by atoms with E-state index >= 15 is 0 Å². The fourth-order valence-corrected chi connectivity index (χ4v) is 2.76. The summed E-state index contributed by atoms with van der Waals surface area (Å²) < 4.78 is 11.6. The van der Waals surface area contributed by atoms with E-state index in [1.165, 1.54) is 12.5 Å². The molecule has 0 aliphatic carbocycles. The van der Waals surface area contributed by atoms with Crippen molar-refractivity contribution >= 4 is 41.5 Å². The van der Waals surface area contributed by atoms with E-state index in [1.54, 1.807) is 13.1 Å². The van der Waals surface area contributed by atoms with Gasteiger partial charge < -0.3 is 25.4 Å². The summed E-state index contributed by atoms with van der Waals surface area (Å²) in [7, 11) is 1.73. The number of nitrogens with one attached hydrogen (secondary N) is 3. The van der Waals surface area contributed by atoms with Crippen LogP contribution in [-0.2, 0) is 11.3 Å². The second-order valence-electron chi connectivity index (χ2n) is 6.87. The normalized spacial score (nSPS) is 10.6. The SMILES string of the molecule is CCCOc1cc(C)ccc1CNC(=NC)NCCOc1cccc(NC(C)=O)c1.I. The fraction of sp³-hybridized carbons (Fsp3) is 0.391. The molecule has 1 amide bonds. The standard InChI is InChI=1S/C23H32N4O3.HI/c1-5-12-30-22-14-17(2)9-10-19(22)16-26-23(24-4)25-11-13-29-21-8-6-7-20(15-21)27-18(3)28;/h6-10,14-15H,5,11-13,16H2,1-4H3,(H,27,28)(H2,24,25,26);1H. The highest BCUT2D eigenvalue weighted by Gasteiger charge is 2.06. The van der Waals surface area contributed by atoms with E-state index in [0.29, 0.717) is 43.7 Å². The minimum Gasteiger partial charge on any atom is -0.493 e.